The first kappa shape index (κ1) is 28.7. The van der Waals surface area contributed by atoms with Crippen molar-refractivity contribution in [1.29, 1.82) is 5.41 Å². The fourth-order valence-corrected chi connectivity index (χ4v) is 3.90. The lowest BCUT2D eigenvalue weighted by molar-refractivity contribution is -0.128. The first-order valence-electron chi connectivity index (χ1n) is 12.6. The van der Waals surface area contributed by atoms with Gasteiger partial charge in [-0.1, -0.05) is 84.9 Å². The molecule has 0 radical (unpaired) electrons. The summed E-state index contributed by atoms with van der Waals surface area (Å²) in [7, 11) is 0. The molecule has 0 aromatic heterocycles. The molecule has 0 saturated carbocycles. The summed E-state index contributed by atoms with van der Waals surface area (Å²) in [5.74, 6) is -1.46. The highest BCUT2D eigenvalue weighted by atomic mass is 16.5. The van der Waals surface area contributed by atoms with E-state index in [1.54, 1.807) is 0 Å². The number of hydrogen-bond acceptors (Lipinski definition) is 5. The minimum absolute atomic E-state index is 0.0415. The average molecular weight is 531 g/mol. The molecule has 10 nitrogen and oxygen atoms in total. The van der Waals surface area contributed by atoms with E-state index in [-0.39, 0.29) is 25.4 Å². The first-order valence-corrected chi connectivity index (χ1v) is 12.6. The summed E-state index contributed by atoms with van der Waals surface area (Å²) in [5, 5.41) is 15.1. The van der Waals surface area contributed by atoms with Gasteiger partial charge in [-0.25, -0.2) is 4.79 Å². The van der Waals surface area contributed by atoms with Crippen LogP contribution in [0, 0.1) is 5.41 Å². The van der Waals surface area contributed by atoms with Crippen LogP contribution in [0.3, 0.4) is 0 Å². The molecule has 0 aliphatic rings. The monoisotopic (exact) mass is 530 g/mol. The predicted octanol–water partition coefficient (Wildman–Crippen LogP) is 2.42. The van der Waals surface area contributed by atoms with Gasteiger partial charge in [-0.2, -0.15) is 0 Å². The number of alkyl carbamates (subject to hydrolysis) is 1. The minimum atomic E-state index is -1.02. The predicted molar refractivity (Wildman–Crippen MR) is 149 cm³/mol. The molecule has 10 heteroatoms. The number of guanidine groups is 1. The van der Waals surface area contributed by atoms with Crippen LogP contribution in [0.5, 0.6) is 0 Å². The Balaban J connectivity index is 1.69. The Morgan fingerprint density at radius 2 is 1.38 bits per heavy atom. The van der Waals surface area contributed by atoms with Crippen molar-refractivity contribution in [3.05, 3.63) is 96.1 Å². The summed E-state index contributed by atoms with van der Waals surface area (Å²) in [6, 6.07) is 24.7. The fraction of sp³-hybridized carbons (Fsp3) is 0.241. The van der Waals surface area contributed by atoms with Crippen molar-refractivity contribution >= 4 is 23.9 Å². The van der Waals surface area contributed by atoms with Crippen molar-refractivity contribution in [2.24, 2.45) is 11.5 Å². The van der Waals surface area contributed by atoms with Crippen molar-refractivity contribution in [2.45, 2.75) is 38.0 Å². The van der Waals surface area contributed by atoms with Crippen LogP contribution >= 0.6 is 0 Å². The molecule has 8 N–H and O–H groups in total. The third kappa shape index (κ3) is 9.84. The number of primary amides is 1. The summed E-state index contributed by atoms with van der Waals surface area (Å²) in [6.45, 7) is 0.385. The topological polar surface area (TPSA) is 172 Å². The molecule has 3 aromatic rings. The largest absolute Gasteiger partial charge is 0.445 e. The summed E-state index contributed by atoms with van der Waals surface area (Å²) in [6.07, 6.45) is 0.0732. The smallest absolute Gasteiger partial charge is 0.408 e. The second kappa shape index (κ2) is 14.8. The van der Waals surface area contributed by atoms with Gasteiger partial charge in [0, 0.05) is 13.0 Å². The summed E-state index contributed by atoms with van der Waals surface area (Å²) in [5.41, 5.74) is 14.5. The summed E-state index contributed by atoms with van der Waals surface area (Å²) in [4.78, 5) is 37.9. The highest BCUT2D eigenvalue weighted by Gasteiger charge is 2.26. The van der Waals surface area contributed by atoms with Crippen LogP contribution in [0.4, 0.5) is 4.79 Å². The molecule has 0 saturated heterocycles. The average Bonchev–Trinajstić information content (AvgIpc) is 2.94. The maximum atomic E-state index is 13.2. The van der Waals surface area contributed by atoms with Gasteiger partial charge in [0.25, 0.3) is 0 Å². The molecule has 39 heavy (non-hydrogen) atoms. The van der Waals surface area contributed by atoms with Crippen molar-refractivity contribution in [2.75, 3.05) is 6.54 Å². The molecule has 0 bridgehead atoms. The lowest BCUT2D eigenvalue weighted by atomic mass is 10.00. The molecule has 0 unspecified atom stereocenters. The lowest BCUT2D eigenvalue weighted by Crippen LogP contribution is -2.53. The van der Waals surface area contributed by atoms with Crippen molar-refractivity contribution in [3.8, 4) is 11.1 Å². The van der Waals surface area contributed by atoms with E-state index in [4.69, 9.17) is 21.6 Å². The molecular weight excluding hydrogens is 496 g/mol. The normalized spacial score (nSPS) is 12.0. The zero-order valence-electron chi connectivity index (χ0n) is 21.6. The molecular formula is C29H34N6O4. The number of carbonyl (C=O) groups excluding carboxylic acids is 3. The van der Waals surface area contributed by atoms with Crippen LogP contribution in [0.25, 0.3) is 11.1 Å². The Labute approximate surface area is 227 Å². The van der Waals surface area contributed by atoms with Gasteiger partial charge < -0.3 is 32.2 Å². The zero-order valence-corrected chi connectivity index (χ0v) is 21.6. The summed E-state index contributed by atoms with van der Waals surface area (Å²) >= 11 is 0. The highest BCUT2D eigenvalue weighted by Crippen LogP contribution is 2.20. The maximum Gasteiger partial charge on any atom is 0.408 e. The first-order chi connectivity index (χ1) is 18.8. The molecule has 0 heterocycles. The number of nitrogens with one attached hydrogen (secondary N) is 4. The van der Waals surface area contributed by atoms with Crippen molar-refractivity contribution in [3.63, 3.8) is 0 Å². The molecule has 3 rings (SSSR count). The molecule has 204 valence electrons. The number of hydrogen-bond donors (Lipinski definition) is 6. The highest BCUT2D eigenvalue weighted by molar-refractivity contribution is 5.91. The van der Waals surface area contributed by atoms with E-state index in [1.807, 2.05) is 84.9 Å². The van der Waals surface area contributed by atoms with Gasteiger partial charge in [-0.3, -0.25) is 15.0 Å². The molecule has 3 amide bonds. The van der Waals surface area contributed by atoms with Crippen LogP contribution in [0.15, 0.2) is 84.9 Å². The van der Waals surface area contributed by atoms with E-state index in [0.717, 1.165) is 22.3 Å². The molecule has 2 atom stereocenters. The van der Waals surface area contributed by atoms with Gasteiger partial charge in [0.05, 0.1) is 0 Å². The quantitative estimate of drug-likeness (QED) is 0.112. The maximum absolute atomic E-state index is 13.2. The molecule has 0 aliphatic carbocycles. The standard InChI is InChI=1S/C29H34N6O4/c30-26(36)24(12-7-17-33-28(31)32)34-27(37)25(35-29(38)39-19-21-8-3-1-4-9-21)18-20-13-15-23(16-14-20)22-10-5-2-6-11-22/h1-6,8-11,13-16,24-25H,7,12,17-19H2,(H2,30,36)(H,34,37)(H,35,38)(H4,31,32,33)/t24-,25-/m1/s1. The van der Waals surface area contributed by atoms with Crippen molar-refractivity contribution in [1.82, 2.24) is 16.0 Å². The van der Waals surface area contributed by atoms with E-state index in [2.05, 4.69) is 16.0 Å². The van der Waals surface area contributed by atoms with E-state index in [1.165, 1.54) is 0 Å². The number of rotatable bonds is 13. The number of amides is 3. The van der Waals surface area contributed by atoms with Gasteiger partial charge in [0.1, 0.15) is 18.7 Å². The second-order valence-corrected chi connectivity index (χ2v) is 8.97. The number of nitrogens with two attached hydrogens (primary N) is 2. The van der Waals surface area contributed by atoms with Gasteiger partial charge in [-0.05, 0) is 35.1 Å². The van der Waals surface area contributed by atoms with Crippen LogP contribution in [0.1, 0.15) is 24.0 Å². The third-order valence-electron chi connectivity index (χ3n) is 5.97. The van der Waals surface area contributed by atoms with E-state index < -0.39 is 30.0 Å². The molecule has 0 aliphatic heterocycles. The minimum Gasteiger partial charge on any atom is -0.445 e. The Morgan fingerprint density at radius 1 is 0.769 bits per heavy atom. The van der Waals surface area contributed by atoms with E-state index in [0.29, 0.717) is 13.0 Å². The third-order valence-corrected chi connectivity index (χ3v) is 5.97. The Bertz CT molecular complexity index is 1240. The van der Waals surface area contributed by atoms with Gasteiger partial charge in [0.15, 0.2) is 5.96 Å². The van der Waals surface area contributed by atoms with Gasteiger partial charge in [0.2, 0.25) is 11.8 Å². The zero-order chi connectivity index (χ0) is 28.0. The van der Waals surface area contributed by atoms with Gasteiger partial charge >= 0.3 is 6.09 Å². The van der Waals surface area contributed by atoms with Crippen molar-refractivity contribution < 1.29 is 19.1 Å². The Kier molecular flexibility index (Phi) is 10.9. The van der Waals surface area contributed by atoms with Crippen LogP contribution in [0.2, 0.25) is 0 Å². The van der Waals surface area contributed by atoms with Crippen LogP contribution in [-0.4, -0.2) is 42.5 Å². The molecule has 3 aromatic carbocycles. The Morgan fingerprint density at radius 3 is 2.00 bits per heavy atom. The lowest BCUT2D eigenvalue weighted by Gasteiger charge is -2.22. The number of ether oxygens (including phenoxy) is 1. The van der Waals surface area contributed by atoms with Gasteiger partial charge in [-0.15, -0.1) is 0 Å². The van der Waals surface area contributed by atoms with Crippen LogP contribution in [-0.2, 0) is 27.4 Å². The second-order valence-electron chi connectivity index (χ2n) is 8.97. The number of benzene rings is 3. The van der Waals surface area contributed by atoms with E-state index in [9.17, 15) is 14.4 Å². The van der Waals surface area contributed by atoms with Crippen LogP contribution < -0.4 is 27.4 Å². The fourth-order valence-electron chi connectivity index (χ4n) is 3.90. The summed E-state index contributed by atoms with van der Waals surface area (Å²) < 4.78 is 5.32. The Hall–Kier alpha value is -4.86. The molecule has 0 spiro atoms. The van der Waals surface area contributed by atoms with E-state index >= 15 is 0 Å². The molecule has 0 fully saturated rings. The SMILES string of the molecule is N=C(N)NCCC[C@@H](NC(=O)[C@@H](Cc1ccc(-c2ccccc2)cc1)NC(=O)OCc1ccccc1)C(N)=O. The number of carbonyl (C=O) groups is 3.